The molecule has 0 bridgehead atoms. The van der Waals surface area contributed by atoms with E-state index in [2.05, 4.69) is 10.5 Å². The maximum absolute atomic E-state index is 12.3. The van der Waals surface area contributed by atoms with E-state index in [1.54, 1.807) is 47.4 Å². The number of rotatable bonds is 7. The van der Waals surface area contributed by atoms with Gasteiger partial charge in [0.25, 0.3) is 5.91 Å². The Kier molecular flexibility index (Phi) is 6.56. The molecule has 3 aromatic rings. The van der Waals surface area contributed by atoms with Crippen molar-refractivity contribution in [1.29, 1.82) is 0 Å². The quantitative estimate of drug-likeness (QED) is 0.416. The highest BCUT2D eigenvalue weighted by Crippen LogP contribution is 2.28. The Morgan fingerprint density at radius 2 is 2.03 bits per heavy atom. The molecule has 1 saturated heterocycles. The van der Waals surface area contributed by atoms with E-state index < -0.39 is 0 Å². The van der Waals surface area contributed by atoms with E-state index in [0.717, 1.165) is 17.7 Å². The molecule has 0 saturated carbocycles. The van der Waals surface area contributed by atoms with Gasteiger partial charge in [-0.1, -0.05) is 23.7 Å². The topological polar surface area (TPSA) is 84.1 Å². The summed E-state index contributed by atoms with van der Waals surface area (Å²) in [6.07, 6.45) is 2.84. The van der Waals surface area contributed by atoms with Gasteiger partial charge in [-0.25, -0.2) is 5.43 Å². The van der Waals surface area contributed by atoms with Gasteiger partial charge >= 0.3 is 0 Å². The van der Waals surface area contributed by atoms with Crippen LogP contribution in [0.1, 0.15) is 40.3 Å². The smallest absolute Gasteiger partial charge is 0.271 e. The Balaban J connectivity index is 1.30. The highest BCUT2D eigenvalue weighted by atomic mass is 35.5. The number of nitrogens with one attached hydrogen (secondary N) is 1. The third-order valence-electron chi connectivity index (χ3n) is 5.08. The number of aryl methyl sites for hydroxylation is 1. The van der Waals surface area contributed by atoms with Gasteiger partial charge in [0, 0.05) is 24.2 Å². The molecule has 0 radical (unpaired) electrons. The van der Waals surface area contributed by atoms with Crippen molar-refractivity contribution in [2.24, 2.45) is 5.10 Å². The Labute approximate surface area is 190 Å². The van der Waals surface area contributed by atoms with Crippen molar-refractivity contribution in [2.45, 2.75) is 26.4 Å². The van der Waals surface area contributed by atoms with E-state index in [1.165, 1.54) is 6.21 Å². The van der Waals surface area contributed by atoms with E-state index in [4.69, 9.17) is 20.8 Å². The van der Waals surface area contributed by atoms with E-state index in [-0.39, 0.29) is 18.4 Å². The summed E-state index contributed by atoms with van der Waals surface area (Å²) < 4.78 is 11.4. The van der Waals surface area contributed by atoms with Gasteiger partial charge in [-0.05, 0) is 61.4 Å². The van der Waals surface area contributed by atoms with Gasteiger partial charge in [0.15, 0.2) is 0 Å². The normalized spacial score (nSPS) is 13.7. The SMILES string of the molecule is Cc1cccc(Cl)c1OCc1ccc(/C=N/NC(=O)c2ccc(N3CCCC3=O)cc2)o1. The molecule has 1 N–H and O–H groups in total. The van der Waals surface area contributed by atoms with Crippen LogP contribution in [-0.4, -0.2) is 24.6 Å². The van der Waals surface area contributed by atoms with Crippen LogP contribution < -0.4 is 15.1 Å². The van der Waals surface area contributed by atoms with Crippen LogP contribution in [-0.2, 0) is 11.4 Å². The van der Waals surface area contributed by atoms with Crippen LogP contribution in [0.4, 0.5) is 5.69 Å². The Bertz CT molecular complexity index is 1130. The van der Waals surface area contributed by atoms with Crippen molar-refractivity contribution >= 4 is 35.3 Å². The lowest BCUT2D eigenvalue weighted by atomic mass is 10.2. The number of ether oxygens (including phenoxy) is 1. The van der Waals surface area contributed by atoms with Gasteiger partial charge in [0.1, 0.15) is 23.9 Å². The van der Waals surface area contributed by atoms with Crippen LogP contribution in [0.5, 0.6) is 5.75 Å². The predicted octanol–water partition coefficient (Wildman–Crippen LogP) is 4.71. The number of carbonyl (C=O) groups excluding carboxylic acids is 2. The Morgan fingerprint density at radius 1 is 1.22 bits per heavy atom. The molecule has 7 nitrogen and oxygen atoms in total. The van der Waals surface area contributed by atoms with Crippen LogP contribution in [0.15, 0.2) is 64.1 Å². The van der Waals surface area contributed by atoms with E-state index >= 15 is 0 Å². The fraction of sp³-hybridized carbons (Fsp3) is 0.208. The first kappa shape index (κ1) is 21.6. The Hall–Kier alpha value is -3.58. The maximum Gasteiger partial charge on any atom is 0.271 e. The molecule has 0 aliphatic carbocycles. The van der Waals surface area contributed by atoms with Crippen molar-refractivity contribution in [1.82, 2.24) is 5.43 Å². The zero-order valence-electron chi connectivity index (χ0n) is 17.5. The lowest BCUT2D eigenvalue weighted by molar-refractivity contribution is -0.117. The predicted molar refractivity (Wildman–Crippen MR) is 122 cm³/mol. The molecule has 0 atom stereocenters. The number of carbonyl (C=O) groups is 2. The molecule has 164 valence electrons. The largest absolute Gasteiger partial charge is 0.484 e. The molecule has 4 rings (SSSR count). The number of anilines is 1. The first-order valence-electron chi connectivity index (χ1n) is 10.2. The van der Waals surface area contributed by atoms with Crippen LogP contribution in [0.2, 0.25) is 5.02 Å². The third-order valence-corrected chi connectivity index (χ3v) is 5.38. The molecule has 1 fully saturated rings. The van der Waals surface area contributed by atoms with Crippen LogP contribution in [0.3, 0.4) is 0 Å². The molecule has 2 aromatic carbocycles. The minimum atomic E-state index is -0.357. The molecule has 1 aromatic heterocycles. The molecule has 2 amide bonds. The fourth-order valence-corrected chi connectivity index (χ4v) is 3.69. The average molecular weight is 452 g/mol. The summed E-state index contributed by atoms with van der Waals surface area (Å²) in [7, 11) is 0. The van der Waals surface area contributed by atoms with Crippen molar-refractivity contribution in [3.63, 3.8) is 0 Å². The van der Waals surface area contributed by atoms with Gasteiger partial charge in [-0.15, -0.1) is 0 Å². The Morgan fingerprint density at radius 3 is 2.75 bits per heavy atom. The van der Waals surface area contributed by atoms with Crippen LogP contribution in [0.25, 0.3) is 0 Å². The molecule has 32 heavy (non-hydrogen) atoms. The number of halogens is 1. The zero-order valence-corrected chi connectivity index (χ0v) is 18.3. The van der Waals surface area contributed by atoms with E-state index in [1.807, 2.05) is 19.1 Å². The number of para-hydroxylation sites is 1. The molecular weight excluding hydrogens is 430 g/mol. The molecular formula is C24H22ClN3O4. The standard InChI is InChI=1S/C24H22ClN3O4/c1-16-4-2-5-21(25)23(16)31-15-20-12-11-19(32-20)14-26-27-24(30)17-7-9-18(10-8-17)28-13-3-6-22(28)29/h2,4-5,7-12,14H,3,6,13,15H2,1H3,(H,27,30)/b26-14+. The number of amides is 2. The molecule has 1 aliphatic rings. The van der Waals surface area contributed by atoms with Crippen LogP contribution in [0, 0.1) is 6.92 Å². The van der Waals surface area contributed by atoms with Crippen molar-refractivity contribution in [2.75, 3.05) is 11.4 Å². The fourth-order valence-electron chi connectivity index (χ4n) is 3.42. The number of hydrogen-bond acceptors (Lipinski definition) is 5. The molecule has 2 heterocycles. The minimum absolute atomic E-state index is 0.108. The summed E-state index contributed by atoms with van der Waals surface area (Å²) >= 11 is 6.16. The first-order valence-corrected chi connectivity index (χ1v) is 10.6. The second kappa shape index (κ2) is 9.70. The number of furan rings is 1. The summed E-state index contributed by atoms with van der Waals surface area (Å²) in [6.45, 7) is 2.85. The number of hydrazone groups is 1. The third kappa shape index (κ3) is 5.00. The number of benzene rings is 2. The van der Waals surface area contributed by atoms with E-state index in [9.17, 15) is 9.59 Å². The number of hydrogen-bond donors (Lipinski definition) is 1. The van der Waals surface area contributed by atoms with Gasteiger partial charge < -0.3 is 14.1 Å². The first-order chi connectivity index (χ1) is 15.5. The summed E-state index contributed by atoms with van der Waals surface area (Å²) in [4.78, 5) is 25.8. The van der Waals surface area contributed by atoms with E-state index in [0.29, 0.717) is 40.8 Å². The zero-order chi connectivity index (χ0) is 22.5. The summed E-state index contributed by atoms with van der Waals surface area (Å²) in [5.41, 5.74) is 4.65. The highest BCUT2D eigenvalue weighted by molar-refractivity contribution is 6.32. The summed E-state index contributed by atoms with van der Waals surface area (Å²) in [5, 5.41) is 4.49. The lowest BCUT2D eigenvalue weighted by Crippen LogP contribution is -2.24. The summed E-state index contributed by atoms with van der Waals surface area (Å²) in [5.74, 6) is 1.45. The lowest BCUT2D eigenvalue weighted by Gasteiger charge is -2.15. The van der Waals surface area contributed by atoms with Gasteiger partial charge in [-0.3, -0.25) is 9.59 Å². The van der Waals surface area contributed by atoms with Crippen LogP contribution >= 0.6 is 11.6 Å². The molecule has 0 unspecified atom stereocenters. The molecule has 8 heteroatoms. The van der Waals surface area contributed by atoms with Gasteiger partial charge in [-0.2, -0.15) is 5.10 Å². The van der Waals surface area contributed by atoms with Gasteiger partial charge in [0.2, 0.25) is 5.91 Å². The monoisotopic (exact) mass is 451 g/mol. The highest BCUT2D eigenvalue weighted by Gasteiger charge is 2.21. The molecule has 1 aliphatic heterocycles. The van der Waals surface area contributed by atoms with Gasteiger partial charge in [0.05, 0.1) is 11.2 Å². The maximum atomic E-state index is 12.3. The minimum Gasteiger partial charge on any atom is -0.484 e. The second-order valence-electron chi connectivity index (χ2n) is 7.37. The van der Waals surface area contributed by atoms with Crippen molar-refractivity contribution < 1.29 is 18.7 Å². The van der Waals surface area contributed by atoms with Crippen molar-refractivity contribution in [3.05, 3.63) is 82.3 Å². The average Bonchev–Trinajstić information content (AvgIpc) is 3.42. The number of nitrogens with zero attached hydrogens (tertiary/aromatic N) is 2. The molecule has 0 spiro atoms. The second-order valence-corrected chi connectivity index (χ2v) is 7.78. The summed E-state index contributed by atoms with van der Waals surface area (Å²) in [6, 6.07) is 15.9. The van der Waals surface area contributed by atoms with Crippen molar-refractivity contribution in [3.8, 4) is 5.75 Å².